The Morgan fingerprint density at radius 2 is 2.00 bits per heavy atom. The van der Waals surface area contributed by atoms with E-state index in [0.717, 1.165) is 6.42 Å². The van der Waals surface area contributed by atoms with Gasteiger partial charge in [-0.15, -0.1) is 0 Å². The molecule has 0 spiro atoms. The summed E-state index contributed by atoms with van der Waals surface area (Å²) in [6, 6.07) is 10.4. The molecule has 0 aromatic heterocycles. The highest BCUT2D eigenvalue weighted by Crippen LogP contribution is 2.37. The number of carbonyl (C=O) groups excluding carboxylic acids is 1. The molecule has 23 heavy (non-hydrogen) atoms. The number of thioether (sulfide) groups is 1. The summed E-state index contributed by atoms with van der Waals surface area (Å²) in [5.74, 6) is 1.21. The number of ketones is 1. The van der Waals surface area contributed by atoms with Crippen molar-refractivity contribution in [3.8, 4) is 0 Å². The van der Waals surface area contributed by atoms with E-state index in [-0.39, 0.29) is 5.78 Å². The Bertz CT molecular complexity index is 571. The van der Waals surface area contributed by atoms with Gasteiger partial charge in [0.15, 0.2) is 5.78 Å². The molecule has 2 atom stereocenters. The molecule has 0 unspecified atom stereocenters. The standard InChI is InChI=1S/C21H26OS/c1-3-19(22)16-18-11-7-8-14-21(18)17(2)10-9-15-23-20-12-5-4-6-13-20/h3-6,9-10,12-13,15,18,21H,1,7-8,11,14,16H2,2H3/b15-9+,17-10-/t18-,21-/m1/s1. The average molecular weight is 327 g/mol. The molecule has 1 aromatic rings. The fraction of sp³-hybridized carbons (Fsp3) is 0.381. The molecule has 1 saturated carbocycles. The lowest BCUT2D eigenvalue weighted by Crippen LogP contribution is -2.22. The lowest BCUT2D eigenvalue weighted by Gasteiger charge is -2.31. The Morgan fingerprint density at radius 3 is 2.74 bits per heavy atom. The molecule has 0 bridgehead atoms. The van der Waals surface area contributed by atoms with E-state index in [1.54, 1.807) is 11.8 Å². The molecular weight excluding hydrogens is 300 g/mol. The Balaban J connectivity index is 1.94. The van der Waals surface area contributed by atoms with Crippen LogP contribution in [0.25, 0.3) is 0 Å². The summed E-state index contributed by atoms with van der Waals surface area (Å²) in [5, 5.41) is 2.13. The molecule has 1 fully saturated rings. The predicted octanol–water partition coefficient (Wildman–Crippen LogP) is 6.19. The van der Waals surface area contributed by atoms with Crippen LogP contribution >= 0.6 is 11.8 Å². The molecule has 1 aromatic carbocycles. The van der Waals surface area contributed by atoms with Crippen LogP contribution in [0.4, 0.5) is 0 Å². The first kappa shape index (κ1) is 17.8. The van der Waals surface area contributed by atoms with Crippen LogP contribution < -0.4 is 0 Å². The first-order valence-corrected chi connectivity index (χ1v) is 9.29. The predicted molar refractivity (Wildman–Crippen MR) is 100 cm³/mol. The van der Waals surface area contributed by atoms with Crippen molar-refractivity contribution in [2.75, 3.05) is 0 Å². The Labute approximate surface area is 144 Å². The number of hydrogen-bond donors (Lipinski definition) is 0. The molecule has 2 rings (SSSR count). The minimum atomic E-state index is 0.185. The van der Waals surface area contributed by atoms with E-state index in [9.17, 15) is 4.79 Å². The lowest BCUT2D eigenvalue weighted by molar-refractivity contribution is -0.115. The maximum absolute atomic E-state index is 11.7. The molecular formula is C21H26OS. The number of allylic oxidation sites excluding steroid dienone is 4. The van der Waals surface area contributed by atoms with Gasteiger partial charge in [-0.1, -0.05) is 67.1 Å². The lowest BCUT2D eigenvalue weighted by atomic mass is 9.73. The second kappa shape index (κ2) is 9.57. The largest absolute Gasteiger partial charge is 0.295 e. The van der Waals surface area contributed by atoms with Gasteiger partial charge in [0.05, 0.1) is 0 Å². The fourth-order valence-corrected chi connectivity index (χ4v) is 3.95. The maximum atomic E-state index is 11.7. The summed E-state index contributed by atoms with van der Waals surface area (Å²) in [7, 11) is 0. The average Bonchev–Trinajstić information content (AvgIpc) is 2.59. The van der Waals surface area contributed by atoms with Crippen LogP contribution in [-0.2, 0) is 4.79 Å². The van der Waals surface area contributed by atoms with E-state index in [4.69, 9.17) is 0 Å². The van der Waals surface area contributed by atoms with Crippen molar-refractivity contribution in [1.29, 1.82) is 0 Å². The second-order valence-electron chi connectivity index (χ2n) is 6.20. The van der Waals surface area contributed by atoms with Gasteiger partial charge in [0.25, 0.3) is 0 Å². The minimum Gasteiger partial charge on any atom is -0.295 e. The SMILES string of the molecule is C=CC(=O)C[C@H]1CCCC[C@@H]1/C(C)=C\C=C\Sc1ccccc1. The highest BCUT2D eigenvalue weighted by atomic mass is 32.2. The van der Waals surface area contributed by atoms with E-state index >= 15 is 0 Å². The first-order valence-electron chi connectivity index (χ1n) is 8.41. The molecule has 122 valence electrons. The summed E-state index contributed by atoms with van der Waals surface area (Å²) < 4.78 is 0. The van der Waals surface area contributed by atoms with Gasteiger partial charge in [-0.05, 0) is 55.2 Å². The van der Waals surface area contributed by atoms with Gasteiger partial charge in [0, 0.05) is 11.3 Å². The molecule has 1 aliphatic carbocycles. The van der Waals surface area contributed by atoms with Gasteiger partial charge in [-0.3, -0.25) is 4.79 Å². The molecule has 0 amide bonds. The molecule has 0 saturated heterocycles. The van der Waals surface area contributed by atoms with Crippen LogP contribution in [0.5, 0.6) is 0 Å². The first-order chi connectivity index (χ1) is 11.2. The van der Waals surface area contributed by atoms with Gasteiger partial charge in [0.1, 0.15) is 0 Å². The summed E-state index contributed by atoms with van der Waals surface area (Å²) >= 11 is 1.73. The molecule has 0 aliphatic heterocycles. The quantitative estimate of drug-likeness (QED) is 0.337. The summed E-state index contributed by atoms with van der Waals surface area (Å²) in [4.78, 5) is 13.0. The zero-order valence-corrected chi connectivity index (χ0v) is 14.7. The smallest absolute Gasteiger partial charge is 0.155 e. The van der Waals surface area contributed by atoms with Gasteiger partial charge >= 0.3 is 0 Å². The van der Waals surface area contributed by atoms with Crippen molar-refractivity contribution in [3.05, 3.63) is 66.1 Å². The van der Waals surface area contributed by atoms with Crippen molar-refractivity contribution in [2.45, 2.75) is 43.9 Å². The van der Waals surface area contributed by atoms with E-state index in [1.165, 1.54) is 35.8 Å². The molecule has 1 aliphatic rings. The Hall–Kier alpha value is -1.54. The molecule has 0 radical (unpaired) electrons. The van der Waals surface area contributed by atoms with Gasteiger partial charge < -0.3 is 0 Å². The number of rotatable bonds is 7. The normalized spacial score (nSPS) is 22.2. The molecule has 1 nitrogen and oxygen atoms in total. The maximum Gasteiger partial charge on any atom is 0.155 e. The molecule has 0 N–H and O–H groups in total. The van der Waals surface area contributed by atoms with Crippen LogP contribution in [0.1, 0.15) is 39.0 Å². The third-order valence-corrected chi connectivity index (χ3v) is 5.41. The summed E-state index contributed by atoms with van der Waals surface area (Å²) in [6.45, 7) is 5.81. The van der Waals surface area contributed by atoms with Crippen molar-refractivity contribution < 1.29 is 4.79 Å². The molecule has 2 heteroatoms. The number of hydrogen-bond acceptors (Lipinski definition) is 2. The van der Waals surface area contributed by atoms with E-state index < -0.39 is 0 Å². The minimum absolute atomic E-state index is 0.185. The van der Waals surface area contributed by atoms with E-state index in [2.05, 4.69) is 55.3 Å². The van der Waals surface area contributed by atoms with Crippen LogP contribution in [0, 0.1) is 11.8 Å². The summed E-state index contributed by atoms with van der Waals surface area (Å²) in [5.41, 5.74) is 1.40. The Kier molecular flexibility index (Phi) is 7.41. The van der Waals surface area contributed by atoms with Crippen LogP contribution in [0.3, 0.4) is 0 Å². The topological polar surface area (TPSA) is 17.1 Å². The van der Waals surface area contributed by atoms with Crippen molar-refractivity contribution in [2.24, 2.45) is 11.8 Å². The van der Waals surface area contributed by atoms with Gasteiger partial charge in [-0.2, -0.15) is 0 Å². The fourth-order valence-electron chi connectivity index (χ4n) is 3.32. The van der Waals surface area contributed by atoms with E-state index in [1.807, 2.05) is 6.07 Å². The second-order valence-corrected chi connectivity index (χ2v) is 7.17. The van der Waals surface area contributed by atoms with Crippen molar-refractivity contribution in [3.63, 3.8) is 0 Å². The third kappa shape index (κ3) is 5.87. The van der Waals surface area contributed by atoms with Gasteiger partial charge in [0.2, 0.25) is 0 Å². The zero-order chi connectivity index (χ0) is 16.5. The van der Waals surface area contributed by atoms with Crippen LogP contribution in [0.2, 0.25) is 0 Å². The monoisotopic (exact) mass is 326 g/mol. The highest BCUT2D eigenvalue weighted by molar-refractivity contribution is 8.02. The van der Waals surface area contributed by atoms with Crippen molar-refractivity contribution >= 4 is 17.5 Å². The van der Waals surface area contributed by atoms with Gasteiger partial charge in [-0.25, -0.2) is 0 Å². The van der Waals surface area contributed by atoms with Crippen LogP contribution in [0.15, 0.2) is 71.0 Å². The van der Waals surface area contributed by atoms with Crippen LogP contribution in [-0.4, -0.2) is 5.78 Å². The zero-order valence-electron chi connectivity index (χ0n) is 13.9. The van der Waals surface area contributed by atoms with E-state index in [0.29, 0.717) is 18.3 Å². The van der Waals surface area contributed by atoms with Crippen molar-refractivity contribution in [1.82, 2.24) is 0 Å². The third-order valence-electron chi connectivity index (χ3n) is 4.57. The number of carbonyl (C=O) groups is 1. The Morgan fingerprint density at radius 1 is 1.26 bits per heavy atom. The summed E-state index contributed by atoms with van der Waals surface area (Å²) in [6.07, 6.45) is 11.4. The highest BCUT2D eigenvalue weighted by Gasteiger charge is 2.27. The number of benzene rings is 1. The molecule has 0 heterocycles.